The summed E-state index contributed by atoms with van der Waals surface area (Å²) in [7, 11) is -4.02. The summed E-state index contributed by atoms with van der Waals surface area (Å²) < 4.78 is 25.6. The molecule has 0 radical (unpaired) electrons. The smallest absolute Gasteiger partial charge is 0.367 e. The molecule has 6 nitrogen and oxygen atoms in total. The van der Waals surface area contributed by atoms with E-state index in [4.69, 9.17) is 5.11 Å². The normalized spacial score (nSPS) is 14.2. The van der Waals surface area contributed by atoms with Crippen LogP contribution < -0.4 is 0 Å². The lowest BCUT2D eigenvalue weighted by atomic mass is 10.5. The summed E-state index contributed by atoms with van der Waals surface area (Å²) in [6.45, 7) is 2.83. The van der Waals surface area contributed by atoms with Crippen molar-refractivity contribution in [3.05, 3.63) is 12.2 Å². The molecule has 1 atom stereocenters. The van der Waals surface area contributed by atoms with Crippen LogP contribution in [0.1, 0.15) is 13.8 Å². The standard InChI is InChI=1S/C7H12O6S/c1-3-4-7(9)12-13-14(10,11)5-6(2)8/h3-4,6,8H,5H2,1-2H3. The van der Waals surface area contributed by atoms with Gasteiger partial charge in [-0.25, -0.2) is 4.79 Å². The van der Waals surface area contributed by atoms with Crippen LogP contribution in [0.25, 0.3) is 0 Å². The van der Waals surface area contributed by atoms with Gasteiger partial charge in [-0.15, -0.1) is 0 Å². The second-order valence-electron chi connectivity index (χ2n) is 2.54. The number of allylic oxidation sites excluding steroid dienone is 1. The maximum Gasteiger partial charge on any atom is 0.367 e. The summed E-state index contributed by atoms with van der Waals surface area (Å²) in [5.74, 6) is -1.56. The van der Waals surface area contributed by atoms with Gasteiger partial charge in [-0.2, -0.15) is 8.42 Å². The van der Waals surface area contributed by atoms with Crippen LogP contribution >= 0.6 is 0 Å². The highest BCUT2D eigenvalue weighted by molar-refractivity contribution is 7.86. The fraction of sp³-hybridized carbons (Fsp3) is 0.571. The maximum atomic E-state index is 10.9. The van der Waals surface area contributed by atoms with Crippen molar-refractivity contribution >= 4 is 16.1 Å². The SMILES string of the molecule is CC=CC(=O)OOS(=O)(=O)CC(C)O. The van der Waals surface area contributed by atoms with E-state index in [0.29, 0.717) is 0 Å². The van der Waals surface area contributed by atoms with Gasteiger partial charge in [-0.1, -0.05) is 10.4 Å². The zero-order chi connectivity index (χ0) is 11.2. The average molecular weight is 224 g/mol. The van der Waals surface area contributed by atoms with Crippen LogP contribution in [0.15, 0.2) is 12.2 Å². The van der Waals surface area contributed by atoms with Crippen LogP contribution in [-0.4, -0.2) is 31.4 Å². The van der Waals surface area contributed by atoms with Crippen LogP contribution in [0.4, 0.5) is 0 Å². The predicted octanol–water partition coefficient (Wildman–Crippen LogP) is -0.252. The molecular weight excluding hydrogens is 212 g/mol. The highest BCUT2D eigenvalue weighted by atomic mass is 32.2. The number of carbonyl (C=O) groups excluding carboxylic acids is 1. The fourth-order valence-electron chi connectivity index (χ4n) is 0.572. The molecule has 0 spiro atoms. The first-order chi connectivity index (χ1) is 6.37. The maximum absolute atomic E-state index is 10.9. The molecule has 0 aliphatic heterocycles. The summed E-state index contributed by atoms with van der Waals surface area (Å²) in [6.07, 6.45) is 1.28. The average Bonchev–Trinajstić information content (AvgIpc) is 1.99. The van der Waals surface area contributed by atoms with E-state index < -0.39 is 27.9 Å². The van der Waals surface area contributed by atoms with Gasteiger partial charge in [0.15, 0.2) is 0 Å². The number of aliphatic hydroxyl groups is 1. The molecule has 1 N–H and O–H groups in total. The zero-order valence-electron chi connectivity index (χ0n) is 7.84. The van der Waals surface area contributed by atoms with Crippen molar-refractivity contribution in [1.29, 1.82) is 0 Å². The fourth-order valence-corrected chi connectivity index (χ4v) is 1.39. The Morgan fingerprint density at radius 1 is 1.57 bits per heavy atom. The van der Waals surface area contributed by atoms with Crippen molar-refractivity contribution in [2.24, 2.45) is 0 Å². The minimum atomic E-state index is -4.02. The van der Waals surface area contributed by atoms with Crippen molar-refractivity contribution < 1.29 is 27.5 Å². The first kappa shape index (κ1) is 13.1. The number of carbonyl (C=O) groups is 1. The molecule has 0 bridgehead atoms. The highest BCUT2D eigenvalue weighted by Gasteiger charge is 2.17. The first-order valence-corrected chi connectivity index (χ1v) is 5.38. The van der Waals surface area contributed by atoms with Crippen molar-refractivity contribution in [1.82, 2.24) is 0 Å². The van der Waals surface area contributed by atoms with Gasteiger partial charge in [-0.3, -0.25) is 4.89 Å². The van der Waals surface area contributed by atoms with Crippen molar-refractivity contribution in [3.63, 3.8) is 0 Å². The van der Waals surface area contributed by atoms with Gasteiger partial charge < -0.3 is 5.11 Å². The van der Waals surface area contributed by atoms with E-state index in [2.05, 4.69) is 9.22 Å². The Balaban J connectivity index is 4.06. The number of aliphatic hydroxyl groups excluding tert-OH is 1. The molecule has 0 aromatic carbocycles. The quantitative estimate of drug-likeness (QED) is 0.393. The molecule has 0 fully saturated rings. The second kappa shape index (κ2) is 5.74. The molecular formula is C7H12O6S. The van der Waals surface area contributed by atoms with Gasteiger partial charge in [0.05, 0.1) is 6.10 Å². The van der Waals surface area contributed by atoms with Gasteiger partial charge in [0.1, 0.15) is 5.75 Å². The molecule has 1 unspecified atom stereocenters. The Bertz CT molecular complexity index is 302. The molecule has 0 aliphatic rings. The Morgan fingerprint density at radius 3 is 2.57 bits per heavy atom. The van der Waals surface area contributed by atoms with E-state index >= 15 is 0 Å². The van der Waals surface area contributed by atoms with E-state index in [1.54, 1.807) is 6.92 Å². The zero-order valence-corrected chi connectivity index (χ0v) is 8.65. The minimum absolute atomic E-state index is 0.629. The minimum Gasteiger partial charge on any atom is -0.392 e. The van der Waals surface area contributed by atoms with E-state index in [1.165, 1.54) is 13.0 Å². The summed E-state index contributed by atoms with van der Waals surface area (Å²) in [5.41, 5.74) is 0. The third-order valence-corrected chi connectivity index (χ3v) is 2.13. The highest BCUT2D eigenvalue weighted by Crippen LogP contribution is 1.98. The lowest BCUT2D eigenvalue weighted by Gasteiger charge is -2.04. The third-order valence-electron chi connectivity index (χ3n) is 0.968. The van der Waals surface area contributed by atoms with Crippen LogP contribution in [-0.2, 0) is 24.1 Å². The van der Waals surface area contributed by atoms with E-state index in [0.717, 1.165) is 6.08 Å². The van der Waals surface area contributed by atoms with Crippen molar-refractivity contribution in [2.45, 2.75) is 20.0 Å². The molecule has 14 heavy (non-hydrogen) atoms. The number of rotatable bonds is 5. The second-order valence-corrected chi connectivity index (χ2v) is 4.13. The number of hydrogen-bond acceptors (Lipinski definition) is 6. The van der Waals surface area contributed by atoms with Gasteiger partial charge >= 0.3 is 16.1 Å². The Kier molecular flexibility index (Phi) is 5.36. The molecule has 0 aromatic heterocycles. The lowest BCUT2D eigenvalue weighted by Crippen LogP contribution is -2.21. The van der Waals surface area contributed by atoms with Gasteiger partial charge in [0.2, 0.25) is 0 Å². The predicted molar refractivity (Wildman–Crippen MR) is 47.5 cm³/mol. The first-order valence-electron chi connectivity index (χ1n) is 3.81. The molecule has 7 heteroatoms. The topological polar surface area (TPSA) is 89.9 Å². The molecule has 0 aliphatic carbocycles. The summed E-state index contributed by atoms with van der Waals surface area (Å²) >= 11 is 0. The Hall–Kier alpha value is -0.920. The lowest BCUT2D eigenvalue weighted by molar-refractivity contribution is -0.204. The van der Waals surface area contributed by atoms with Crippen LogP contribution in [0.2, 0.25) is 0 Å². The summed E-state index contributed by atoms with van der Waals surface area (Å²) in [4.78, 5) is 14.5. The van der Waals surface area contributed by atoms with E-state index in [1.807, 2.05) is 0 Å². The molecule has 0 amide bonds. The summed E-state index contributed by atoms with van der Waals surface area (Å²) in [6, 6.07) is 0. The monoisotopic (exact) mass is 224 g/mol. The van der Waals surface area contributed by atoms with Crippen LogP contribution in [0.5, 0.6) is 0 Å². The largest absolute Gasteiger partial charge is 0.392 e. The van der Waals surface area contributed by atoms with E-state index in [9.17, 15) is 13.2 Å². The number of hydrogen-bond donors (Lipinski definition) is 1. The molecule has 82 valence electrons. The van der Waals surface area contributed by atoms with E-state index in [-0.39, 0.29) is 0 Å². The van der Waals surface area contributed by atoms with Crippen molar-refractivity contribution in [2.75, 3.05) is 5.75 Å². The van der Waals surface area contributed by atoms with Gasteiger partial charge in [-0.05, 0) is 13.8 Å². The van der Waals surface area contributed by atoms with Crippen molar-refractivity contribution in [3.8, 4) is 0 Å². The molecule has 0 heterocycles. The molecule has 0 saturated carbocycles. The van der Waals surface area contributed by atoms with Gasteiger partial charge in [0.25, 0.3) is 0 Å². The summed E-state index contributed by atoms with van der Waals surface area (Å²) in [5, 5.41) is 8.74. The Labute approximate surface area is 82.2 Å². The Morgan fingerprint density at radius 2 is 2.14 bits per heavy atom. The van der Waals surface area contributed by atoms with Crippen LogP contribution in [0.3, 0.4) is 0 Å². The molecule has 0 rings (SSSR count). The molecule has 0 saturated heterocycles. The third kappa shape index (κ3) is 6.58. The van der Waals surface area contributed by atoms with Crippen LogP contribution in [0, 0.1) is 0 Å². The molecule has 0 aromatic rings. The van der Waals surface area contributed by atoms with Gasteiger partial charge in [0, 0.05) is 6.08 Å².